The lowest BCUT2D eigenvalue weighted by atomic mass is 9.76. The van der Waals surface area contributed by atoms with E-state index in [9.17, 15) is 4.79 Å². The molecule has 0 aliphatic heterocycles. The van der Waals surface area contributed by atoms with Crippen LogP contribution < -0.4 is 9.47 Å². The van der Waals surface area contributed by atoms with Gasteiger partial charge in [-0.25, -0.2) is 0 Å². The Morgan fingerprint density at radius 2 is 1.69 bits per heavy atom. The van der Waals surface area contributed by atoms with Crippen LogP contribution >= 0.6 is 15.9 Å². The molecule has 150 valence electrons. The number of ether oxygens (including phenoxy) is 2. The van der Waals surface area contributed by atoms with Gasteiger partial charge in [-0.3, -0.25) is 4.79 Å². The summed E-state index contributed by atoms with van der Waals surface area (Å²) < 4.78 is 14.3. The van der Waals surface area contributed by atoms with E-state index in [4.69, 9.17) is 9.47 Å². The molecular formula is C24H24BrNO3. The molecule has 2 aromatic carbocycles. The predicted molar refractivity (Wildman–Crippen MR) is 118 cm³/mol. The van der Waals surface area contributed by atoms with Crippen LogP contribution in [0.5, 0.6) is 11.5 Å². The molecule has 0 amide bonds. The van der Waals surface area contributed by atoms with Gasteiger partial charge in [0.05, 0.1) is 25.6 Å². The van der Waals surface area contributed by atoms with Crippen LogP contribution in [0.4, 0.5) is 0 Å². The van der Waals surface area contributed by atoms with Gasteiger partial charge in [0.25, 0.3) is 0 Å². The van der Waals surface area contributed by atoms with Gasteiger partial charge >= 0.3 is 0 Å². The fourth-order valence-corrected chi connectivity index (χ4v) is 4.35. The van der Waals surface area contributed by atoms with Crippen LogP contribution in [0.3, 0.4) is 0 Å². The lowest BCUT2D eigenvalue weighted by Crippen LogP contribution is -2.27. The maximum Gasteiger partial charge on any atom is 0.165 e. The molecule has 1 aromatic heterocycles. The second kappa shape index (κ2) is 7.38. The third-order valence-electron chi connectivity index (χ3n) is 5.46. The molecule has 0 fully saturated rings. The Labute approximate surface area is 179 Å². The van der Waals surface area contributed by atoms with Crippen molar-refractivity contribution in [3.8, 4) is 28.4 Å². The fourth-order valence-electron chi connectivity index (χ4n) is 4.09. The summed E-state index contributed by atoms with van der Waals surface area (Å²) in [6, 6.07) is 16.0. The largest absolute Gasteiger partial charge is 0.497 e. The summed E-state index contributed by atoms with van der Waals surface area (Å²) >= 11 is 3.51. The molecule has 0 spiro atoms. The number of nitrogens with zero attached hydrogens (tertiary/aromatic N) is 1. The predicted octanol–water partition coefficient (Wildman–Crippen LogP) is 6.08. The highest BCUT2D eigenvalue weighted by Gasteiger charge is 2.35. The first-order valence-electron chi connectivity index (χ1n) is 9.59. The number of rotatable bonds is 4. The minimum atomic E-state index is -0.0864. The standard InChI is InChI=1S/C24H24BrNO3/c1-24(2)13-21-18(22(27)14-24)12-20(15-5-7-16(25)8-6-15)26(21)19-10-9-17(28-3)11-23(19)29-4/h5-12H,13-14H2,1-4H3. The summed E-state index contributed by atoms with van der Waals surface area (Å²) in [4.78, 5) is 13.0. The highest BCUT2D eigenvalue weighted by Crippen LogP contribution is 2.42. The summed E-state index contributed by atoms with van der Waals surface area (Å²) in [5.74, 6) is 1.63. The van der Waals surface area contributed by atoms with E-state index in [2.05, 4.69) is 46.5 Å². The Balaban J connectivity index is 2.01. The number of methoxy groups -OCH3 is 2. The first-order valence-corrected chi connectivity index (χ1v) is 10.4. The summed E-state index contributed by atoms with van der Waals surface area (Å²) in [5.41, 5.74) is 4.69. The van der Waals surface area contributed by atoms with E-state index in [1.54, 1.807) is 14.2 Å². The van der Waals surface area contributed by atoms with Crippen LogP contribution in [0.1, 0.15) is 36.3 Å². The zero-order chi connectivity index (χ0) is 20.8. The molecule has 3 aromatic rings. The van der Waals surface area contributed by atoms with Crippen LogP contribution in [-0.2, 0) is 6.42 Å². The summed E-state index contributed by atoms with van der Waals surface area (Å²) in [7, 11) is 3.29. The van der Waals surface area contributed by atoms with Crippen molar-refractivity contribution in [2.45, 2.75) is 26.7 Å². The average molecular weight is 454 g/mol. The molecule has 5 heteroatoms. The quantitative estimate of drug-likeness (QED) is 0.480. The number of halogens is 1. The van der Waals surface area contributed by atoms with E-state index < -0.39 is 0 Å². The monoisotopic (exact) mass is 453 g/mol. The van der Waals surface area contributed by atoms with E-state index in [0.717, 1.165) is 44.8 Å². The summed E-state index contributed by atoms with van der Waals surface area (Å²) in [6.07, 6.45) is 1.38. The van der Waals surface area contributed by atoms with Crippen LogP contribution in [0.15, 0.2) is 53.0 Å². The van der Waals surface area contributed by atoms with Crippen LogP contribution in [0.25, 0.3) is 16.9 Å². The lowest BCUT2D eigenvalue weighted by molar-refractivity contribution is 0.0911. The van der Waals surface area contributed by atoms with Gasteiger partial charge in [-0.2, -0.15) is 0 Å². The first-order chi connectivity index (χ1) is 13.8. The van der Waals surface area contributed by atoms with E-state index in [1.165, 1.54) is 0 Å². The fraction of sp³-hybridized carbons (Fsp3) is 0.292. The Bertz CT molecular complexity index is 1080. The molecule has 4 rings (SSSR count). The number of Topliss-reactive ketones (excluding diaryl/α,β-unsaturated/α-hetero) is 1. The van der Waals surface area contributed by atoms with Crippen molar-refractivity contribution in [2.75, 3.05) is 14.2 Å². The van der Waals surface area contributed by atoms with E-state index in [0.29, 0.717) is 12.2 Å². The minimum Gasteiger partial charge on any atom is -0.497 e. The normalized spacial score (nSPS) is 15.1. The van der Waals surface area contributed by atoms with Gasteiger partial charge in [-0.05, 0) is 47.7 Å². The summed E-state index contributed by atoms with van der Waals surface area (Å²) in [6.45, 7) is 4.30. The van der Waals surface area contributed by atoms with Crippen molar-refractivity contribution in [1.82, 2.24) is 4.57 Å². The van der Waals surface area contributed by atoms with Gasteiger partial charge in [-0.1, -0.05) is 41.9 Å². The molecule has 1 heterocycles. The van der Waals surface area contributed by atoms with Gasteiger partial charge in [0, 0.05) is 28.2 Å². The van der Waals surface area contributed by atoms with Gasteiger partial charge in [-0.15, -0.1) is 0 Å². The highest BCUT2D eigenvalue weighted by atomic mass is 79.9. The Hall–Kier alpha value is -2.53. The van der Waals surface area contributed by atoms with Gasteiger partial charge in [0.2, 0.25) is 0 Å². The van der Waals surface area contributed by atoms with Crippen molar-refractivity contribution in [3.05, 3.63) is 64.3 Å². The molecule has 0 unspecified atom stereocenters. The van der Waals surface area contributed by atoms with Gasteiger partial charge in [0.15, 0.2) is 5.78 Å². The van der Waals surface area contributed by atoms with Crippen molar-refractivity contribution in [1.29, 1.82) is 0 Å². The number of carbonyl (C=O) groups is 1. The number of benzene rings is 2. The van der Waals surface area contributed by atoms with E-state index in [-0.39, 0.29) is 11.2 Å². The molecule has 1 aliphatic rings. The smallest absolute Gasteiger partial charge is 0.165 e. The zero-order valence-corrected chi connectivity index (χ0v) is 18.7. The number of ketones is 1. The molecule has 1 aliphatic carbocycles. The Morgan fingerprint density at radius 3 is 2.34 bits per heavy atom. The van der Waals surface area contributed by atoms with E-state index >= 15 is 0 Å². The maximum atomic E-state index is 13.0. The van der Waals surface area contributed by atoms with Crippen molar-refractivity contribution in [2.24, 2.45) is 5.41 Å². The number of hydrogen-bond acceptors (Lipinski definition) is 3. The number of aromatic nitrogens is 1. The van der Waals surface area contributed by atoms with Crippen molar-refractivity contribution in [3.63, 3.8) is 0 Å². The second-order valence-electron chi connectivity index (χ2n) is 8.21. The molecule has 0 saturated carbocycles. The molecule has 0 N–H and O–H groups in total. The molecule has 0 radical (unpaired) electrons. The minimum absolute atomic E-state index is 0.0864. The molecule has 0 bridgehead atoms. The maximum absolute atomic E-state index is 13.0. The first kappa shape index (κ1) is 19.8. The highest BCUT2D eigenvalue weighted by molar-refractivity contribution is 9.10. The molecule has 29 heavy (non-hydrogen) atoms. The van der Waals surface area contributed by atoms with Gasteiger partial charge < -0.3 is 14.0 Å². The second-order valence-corrected chi connectivity index (χ2v) is 9.13. The molecule has 0 atom stereocenters. The topological polar surface area (TPSA) is 40.5 Å². The van der Waals surface area contributed by atoms with Crippen molar-refractivity contribution >= 4 is 21.7 Å². The SMILES string of the molecule is COc1ccc(-n2c(-c3ccc(Br)cc3)cc3c2CC(C)(C)CC3=O)c(OC)c1. The third-order valence-corrected chi connectivity index (χ3v) is 5.98. The van der Waals surface area contributed by atoms with Crippen LogP contribution in [0.2, 0.25) is 0 Å². The van der Waals surface area contributed by atoms with Crippen LogP contribution in [0, 0.1) is 5.41 Å². The van der Waals surface area contributed by atoms with E-state index in [1.807, 2.05) is 36.4 Å². The molecule has 0 saturated heterocycles. The zero-order valence-electron chi connectivity index (χ0n) is 17.1. The number of carbonyl (C=O) groups excluding carboxylic acids is 1. The Morgan fingerprint density at radius 1 is 0.966 bits per heavy atom. The molecular weight excluding hydrogens is 430 g/mol. The summed E-state index contributed by atoms with van der Waals surface area (Å²) in [5, 5.41) is 0. The third kappa shape index (κ3) is 3.60. The molecule has 4 nitrogen and oxygen atoms in total. The van der Waals surface area contributed by atoms with Crippen LogP contribution in [-0.4, -0.2) is 24.6 Å². The average Bonchev–Trinajstić information content (AvgIpc) is 3.06. The lowest BCUT2D eigenvalue weighted by Gasteiger charge is -2.30. The van der Waals surface area contributed by atoms with Crippen molar-refractivity contribution < 1.29 is 14.3 Å². The Kier molecular flexibility index (Phi) is 5.03. The number of fused-ring (bicyclic) bond motifs is 1. The number of hydrogen-bond donors (Lipinski definition) is 0. The van der Waals surface area contributed by atoms with Gasteiger partial charge in [0.1, 0.15) is 11.5 Å².